The van der Waals surface area contributed by atoms with Crippen LogP contribution in [0.3, 0.4) is 0 Å². The van der Waals surface area contributed by atoms with Gasteiger partial charge in [0.2, 0.25) is 5.88 Å². The van der Waals surface area contributed by atoms with E-state index in [4.69, 9.17) is 9.47 Å². The van der Waals surface area contributed by atoms with Gasteiger partial charge in [-0.15, -0.1) is 0 Å². The number of ether oxygens (including phenoxy) is 2. The summed E-state index contributed by atoms with van der Waals surface area (Å²) in [6, 6.07) is 4.04. The molecule has 1 fully saturated rings. The van der Waals surface area contributed by atoms with Gasteiger partial charge in [-0.25, -0.2) is 4.39 Å². The Balaban J connectivity index is 1.75. The number of hydrogen-bond donors (Lipinski definition) is 0. The van der Waals surface area contributed by atoms with E-state index in [1.807, 2.05) is 13.1 Å². The Morgan fingerprint density at radius 1 is 1.33 bits per heavy atom. The molecular weight excluding hydrogens is 456 g/mol. The second kappa shape index (κ2) is 9.65. The van der Waals surface area contributed by atoms with Crippen molar-refractivity contribution in [2.24, 2.45) is 0 Å². The molecule has 4 heterocycles. The van der Waals surface area contributed by atoms with Gasteiger partial charge in [-0.3, -0.25) is 14.0 Å². The number of aryl methyl sites for hydroxylation is 1. The zero-order valence-corrected chi connectivity index (χ0v) is 19.2. The van der Waals surface area contributed by atoms with Crippen molar-refractivity contribution in [1.29, 1.82) is 0 Å². The van der Waals surface area contributed by atoms with Gasteiger partial charge in [0.25, 0.3) is 11.2 Å². The number of hydrogen-bond acceptors (Lipinski definition) is 5. The Kier molecular flexibility index (Phi) is 6.86. The molecule has 7 nitrogen and oxygen atoms in total. The maximum Gasteiger partial charge on any atom is 0.287 e. The van der Waals surface area contributed by atoms with Crippen LogP contribution in [0.5, 0.6) is 5.88 Å². The summed E-state index contributed by atoms with van der Waals surface area (Å²) in [7, 11) is 1.32. The highest BCUT2D eigenvalue weighted by Crippen LogP contribution is 2.39. The molecule has 176 valence electrons. The zero-order chi connectivity index (χ0) is 23.6. The minimum atomic E-state index is -3.58. The fourth-order valence-electron chi connectivity index (χ4n) is 3.65. The molecule has 1 unspecified atom stereocenters. The van der Waals surface area contributed by atoms with Gasteiger partial charge in [0.1, 0.15) is 6.10 Å². The maximum atomic E-state index is 15.2. The number of aromatic nitrogens is 4. The minimum absolute atomic E-state index is 0.169. The number of alkyl halides is 2. The number of nitrogens with zero attached hydrogens (tertiary/aromatic N) is 4. The molecule has 11 heteroatoms. The van der Waals surface area contributed by atoms with E-state index < -0.39 is 28.4 Å². The molecular formula is C22H24F3N4O3P. The highest BCUT2D eigenvalue weighted by molar-refractivity contribution is 7.17. The highest BCUT2D eigenvalue weighted by Gasteiger charge is 2.33. The summed E-state index contributed by atoms with van der Waals surface area (Å²) in [6.45, 7) is 3.57. The van der Waals surface area contributed by atoms with Gasteiger partial charge in [-0.2, -0.15) is 18.9 Å². The zero-order valence-electron chi connectivity index (χ0n) is 18.0. The Hall–Kier alpha value is -2.71. The lowest BCUT2D eigenvalue weighted by molar-refractivity contribution is 0.0232. The fourth-order valence-corrected chi connectivity index (χ4v) is 3.86. The molecule has 4 rings (SSSR count). The van der Waals surface area contributed by atoms with E-state index >= 15 is 4.39 Å². The van der Waals surface area contributed by atoms with Gasteiger partial charge >= 0.3 is 0 Å². The standard InChI is InChI=1S/C22H24F3N4O3P/c1-2-28-13-14(12-26-28)10-15-4-3-7-29(21(15)30)20-19(23)17(22(24,25)33)11-18(27-20)32-16-5-8-31-9-6-16/h3-4,7,11-13,16H,2,5-6,8-10,33H2,1H3. The fraction of sp³-hybridized carbons (Fsp3) is 0.409. The summed E-state index contributed by atoms with van der Waals surface area (Å²) in [5, 5.41) is 4.19. The third kappa shape index (κ3) is 5.28. The van der Waals surface area contributed by atoms with E-state index in [1.165, 1.54) is 15.4 Å². The van der Waals surface area contributed by atoms with Crippen molar-refractivity contribution in [3.8, 4) is 11.7 Å². The number of rotatable bonds is 7. The lowest BCUT2D eigenvalue weighted by Gasteiger charge is -2.24. The third-order valence-electron chi connectivity index (χ3n) is 5.39. The summed E-state index contributed by atoms with van der Waals surface area (Å²) in [6.07, 6.45) is 5.83. The summed E-state index contributed by atoms with van der Waals surface area (Å²) >= 11 is 0. The van der Waals surface area contributed by atoms with Gasteiger partial charge in [-0.05, 0) is 18.6 Å². The monoisotopic (exact) mass is 480 g/mol. The summed E-state index contributed by atoms with van der Waals surface area (Å²) in [5.74, 6) is -1.99. The van der Waals surface area contributed by atoms with Crippen LogP contribution in [-0.4, -0.2) is 38.6 Å². The summed E-state index contributed by atoms with van der Waals surface area (Å²) in [5.41, 5.74) is -3.90. The Morgan fingerprint density at radius 2 is 2.09 bits per heavy atom. The van der Waals surface area contributed by atoms with Gasteiger partial charge in [-0.1, -0.05) is 15.3 Å². The first kappa shape index (κ1) is 23.4. The van der Waals surface area contributed by atoms with E-state index in [0.717, 1.165) is 16.2 Å². The number of halogens is 3. The molecule has 0 aliphatic carbocycles. The maximum absolute atomic E-state index is 15.2. The van der Waals surface area contributed by atoms with Crippen LogP contribution < -0.4 is 10.3 Å². The molecule has 33 heavy (non-hydrogen) atoms. The molecule has 1 aliphatic rings. The summed E-state index contributed by atoms with van der Waals surface area (Å²) < 4.78 is 57.3. The Labute approximate surface area is 190 Å². The molecule has 0 radical (unpaired) electrons. The minimum Gasteiger partial charge on any atom is -0.474 e. The molecule has 3 aromatic heterocycles. The highest BCUT2D eigenvalue weighted by atomic mass is 31.0. The Bertz CT molecular complexity index is 1190. The molecule has 0 N–H and O–H groups in total. The normalized spacial score (nSPS) is 15.1. The SMILES string of the molecule is CCn1cc(Cc2cccn(-c3nc(OC4CCOCC4)cc(C(F)(F)P)c3F)c2=O)cn1. The van der Waals surface area contributed by atoms with Crippen molar-refractivity contribution in [2.75, 3.05) is 13.2 Å². The molecule has 1 saturated heterocycles. The van der Waals surface area contributed by atoms with Crippen LogP contribution in [0.25, 0.3) is 5.82 Å². The van der Waals surface area contributed by atoms with E-state index in [9.17, 15) is 13.6 Å². The lowest BCUT2D eigenvalue weighted by Crippen LogP contribution is -2.28. The first-order valence-electron chi connectivity index (χ1n) is 10.6. The first-order chi connectivity index (χ1) is 15.8. The average molecular weight is 480 g/mol. The van der Waals surface area contributed by atoms with Crippen molar-refractivity contribution in [2.45, 2.75) is 44.5 Å². The van der Waals surface area contributed by atoms with E-state index in [1.54, 1.807) is 23.0 Å². The molecule has 3 aromatic rings. The largest absolute Gasteiger partial charge is 0.474 e. The van der Waals surface area contributed by atoms with Gasteiger partial charge in [0.15, 0.2) is 11.6 Å². The van der Waals surface area contributed by atoms with E-state index in [0.29, 0.717) is 38.2 Å². The van der Waals surface area contributed by atoms with E-state index in [-0.39, 0.29) is 18.4 Å². The van der Waals surface area contributed by atoms with Crippen molar-refractivity contribution >= 4 is 9.24 Å². The predicted octanol–water partition coefficient (Wildman–Crippen LogP) is 3.66. The predicted molar refractivity (Wildman–Crippen MR) is 119 cm³/mol. The first-order valence-corrected chi connectivity index (χ1v) is 11.2. The molecule has 0 aromatic carbocycles. The van der Waals surface area contributed by atoms with Crippen molar-refractivity contribution in [1.82, 2.24) is 19.3 Å². The van der Waals surface area contributed by atoms with Gasteiger partial charge in [0.05, 0.1) is 25.0 Å². The molecule has 1 atom stereocenters. The van der Waals surface area contributed by atoms with E-state index in [2.05, 4.69) is 10.1 Å². The van der Waals surface area contributed by atoms with Crippen LogP contribution in [0.2, 0.25) is 0 Å². The average Bonchev–Trinajstić information content (AvgIpc) is 3.24. The third-order valence-corrected chi connectivity index (χ3v) is 5.70. The second-order valence-electron chi connectivity index (χ2n) is 7.79. The topological polar surface area (TPSA) is 71.2 Å². The van der Waals surface area contributed by atoms with Crippen molar-refractivity contribution in [3.05, 3.63) is 69.7 Å². The second-order valence-corrected chi connectivity index (χ2v) is 8.51. The quantitative estimate of drug-likeness (QED) is 0.483. The number of pyridine rings is 2. The van der Waals surface area contributed by atoms with Crippen LogP contribution in [0.15, 0.2) is 41.6 Å². The Morgan fingerprint density at radius 3 is 2.76 bits per heavy atom. The molecule has 0 saturated carbocycles. The van der Waals surface area contributed by atoms with Crippen LogP contribution in [0, 0.1) is 5.82 Å². The van der Waals surface area contributed by atoms with Crippen molar-refractivity contribution in [3.63, 3.8) is 0 Å². The van der Waals surface area contributed by atoms with Crippen LogP contribution in [0.1, 0.15) is 36.5 Å². The summed E-state index contributed by atoms with van der Waals surface area (Å²) in [4.78, 5) is 17.2. The van der Waals surface area contributed by atoms with Crippen LogP contribution in [0.4, 0.5) is 13.2 Å². The smallest absolute Gasteiger partial charge is 0.287 e. The van der Waals surface area contributed by atoms with Gasteiger partial charge < -0.3 is 9.47 Å². The van der Waals surface area contributed by atoms with Crippen LogP contribution >= 0.6 is 9.24 Å². The van der Waals surface area contributed by atoms with Crippen LogP contribution in [-0.2, 0) is 23.4 Å². The lowest BCUT2D eigenvalue weighted by atomic mass is 10.1. The molecule has 1 aliphatic heterocycles. The molecule has 0 bridgehead atoms. The molecule has 0 spiro atoms. The van der Waals surface area contributed by atoms with Gasteiger partial charge in [0, 0.05) is 49.8 Å². The van der Waals surface area contributed by atoms with Crippen molar-refractivity contribution < 1.29 is 22.6 Å². The molecule has 0 amide bonds.